The van der Waals surface area contributed by atoms with Crippen LogP contribution in [0.25, 0.3) is 0 Å². The van der Waals surface area contributed by atoms with Crippen molar-refractivity contribution in [3.8, 4) is 0 Å². The van der Waals surface area contributed by atoms with E-state index in [0.717, 1.165) is 31.8 Å². The van der Waals surface area contributed by atoms with Crippen molar-refractivity contribution in [2.24, 2.45) is 11.8 Å². The highest BCUT2D eigenvalue weighted by atomic mass is 16.4. The summed E-state index contributed by atoms with van der Waals surface area (Å²) in [5.41, 5.74) is 0. The van der Waals surface area contributed by atoms with Crippen LogP contribution >= 0.6 is 0 Å². The Morgan fingerprint density at radius 1 is 0.950 bits per heavy atom. The number of carboxylic acids is 1. The van der Waals surface area contributed by atoms with Crippen LogP contribution in [0.5, 0.6) is 0 Å². The highest BCUT2D eigenvalue weighted by Crippen LogP contribution is 2.28. The largest absolute Gasteiger partial charge is 0.481 e. The first kappa shape index (κ1) is 15.3. The Morgan fingerprint density at radius 3 is 2.35 bits per heavy atom. The molecular formula is C16H27NO3. The van der Waals surface area contributed by atoms with Gasteiger partial charge in [-0.2, -0.15) is 0 Å². The Kier molecular flexibility index (Phi) is 5.86. The minimum atomic E-state index is -0.730. The molecule has 4 heteroatoms. The molecule has 2 fully saturated rings. The Hall–Kier alpha value is -1.06. The van der Waals surface area contributed by atoms with E-state index in [1.807, 2.05) is 4.90 Å². The monoisotopic (exact) mass is 281 g/mol. The highest BCUT2D eigenvalue weighted by Gasteiger charge is 2.26. The minimum Gasteiger partial charge on any atom is -0.481 e. The van der Waals surface area contributed by atoms with Crippen LogP contribution in [0.4, 0.5) is 0 Å². The molecule has 4 nitrogen and oxygen atoms in total. The Balaban J connectivity index is 1.64. The van der Waals surface area contributed by atoms with E-state index in [4.69, 9.17) is 5.11 Å². The van der Waals surface area contributed by atoms with Gasteiger partial charge in [0.1, 0.15) is 0 Å². The fraction of sp³-hybridized carbons (Fsp3) is 0.875. The first-order valence-electron chi connectivity index (χ1n) is 8.14. The maximum Gasteiger partial charge on any atom is 0.303 e. The van der Waals surface area contributed by atoms with Crippen LogP contribution in [-0.4, -0.2) is 35.0 Å². The lowest BCUT2D eigenvalue weighted by Crippen LogP contribution is -2.29. The molecule has 1 aliphatic carbocycles. The molecule has 0 radical (unpaired) electrons. The van der Waals surface area contributed by atoms with Gasteiger partial charge in [-0.05, 0) is 31.1 Å². The molecule has 2 rings (SSSR count). The summed E-state index contributed by atoms with van der Waals surface area (Å²) >= 11 is 0. The van der Waals surface area contributed by atoms with Gasteiger partial charge in [0.25, 0.3) is 0 Å². The summed E-state index contributed by atoms with van der Waals surface area (Å²) in [6.07, 6.45) is 10.3. The standard InChI is InChI=1S/C16H27NO3/c18-15(8-6-13-4-2-1-3-5-13)17-11-10-14(12-17)7-9-16(19)20/h13-14H,1-12H2,(H,19,20). The van der Waals surface area contributed by atoms with Crippen LogP contribution in [0.15, 0.2) is 0 Å². The zero-order valence-corrected chi connectivity index (χ0v) is 12.4. The molecule has 0 aromatic rings. The maximum atomic E-state index is 12.2. The van der Waals surface area contributed by atoms with Crippen molar-refractivity contribution in [2.75, 3.05) is 13.1 Å². The first-order valence-corrected chi connectivity index (χ1v) is 8.14. The van der Waals surface area contributed by atoms with Crippen LogP contribution in [0.2, 0.25) is 0 Å². The zero-order chi connectivity index (χ0) is 14.4. The second kappa shape index (κ2) is 7.65. The third-order valence-corrected chi connectivity index (χ3v) is 4.90. The number of amides is 1. The van der Waals surface area contributed by atoms with Gasteiger partial charge in [-0.15, -0.1) is 0 Å². The summed E-state index contributed by atoms with van der Waals surface area (Å²) in [6.45, 7) is 1.60. The van der Waals surface area contributed by atoms with Crippen LogP contribution in [0, 0.1) is 11.8 Å². The summed E-state index contributed by atoms with van der Waals surface area (Å²) in [4.78, 5) is 24.7. The van der Waals surface area contributed by atoms with Crippen molar-refractivity contribution in [2.45, 2.75) is 64.2 Å². The van der Waals surface area contributed by atoms with Crippen molar-refractivity contribution in [1.82, 2.24) is 4.90 Å². The topological polar surface area (TPSA) is 57.6 Å². The lowest BCUT2D eigenvalue weighted by atomic mass is 9.86. The Morgan fingerprint density at radius 2 is 1.65 bits per heavy atom. The predicted octanol–water partition coefficient (Wildman–Crippen LogP) is 3.06. The second-order valence-electron chi connectivity index (χ2n) is 6.47. The molecule has 1 saturated heterocycles. The van der Waals surface area contributed by atoms with Crippen LogP contribution < -0.4 is 0 Å². The zero-order valence-electron chi connectivity index (χ0n) is 12.4. The first-order chi connectivity index (χ1) is 9.65. The summed E-state index contributed by atoms with van der Waals surface area (Å²) < 4.78 is 0. The van der Waals surface area contributed by atoms with Gasteiger partial charge in [0.15, 0.2) is 0 Å². The van der Waals surface area contributed by atoms with Crippen LogP contribution in [-0.2, 0) is 9.59 Å². The third kappa shape index (κ3) is 4.80. The smallest absolute Gasteiger partial charge is 0.303 e. The molecule has 1 saturated carbocycles. The van der Waals surface area contributed by atoms with Crippen molar-refractivity contribution in [3.05, 3.63) is 0 Å². The Labute approximate surface area is 121 Å². The molecule has 2 aliphatic rings. The van der Waals surface area contributed by atoms with Crippen LogP contribution in [0.3, 0.4) is 0 Å². The predicted molar refractivity (Wildman–Crippen MR) is 77.4 cm³/mol. The second-order valence-corrected chi connectivity index (χ2v) is 6.47. The number of likely N-dealkylation sites (tertiary alicyclic amines) is 1. The number of rotatable bonds is 6. The molecule has 114 valence electrons. The van der Waals surface area contributed by atoms with Crippen molar-refractivity contribution >= 4 is 11.9 Å². The quantitative estimate of drug-likeness (QED) is 0.814. The van der Waals surface area contributed by atoms with E-state index in [2.05, 4.69) is 0 Å². The Bertz CT molecular complexity index is 337. The number of hydrogen-bond donors (Lipinski definition) is 1. The van der Waals surface area contributed by atoms with Gasteiger partial charge in [0, 0.05) is 25.9 Å². The van der Waals surface area contributed by atoms with E-state index in [0.29, 0.717) is 18.8 Å². The number of nitrogens with zero attached hydrogens (tertiary/aromatic N) is 1. The van der Waals surface area contributed by atoms with Crippen LogP contribution in [0.1, 0.15) is 64.2 Å². The van der Waals surface area contributed by atoms with Gasteiger partial charge >= 0.3 is 5.97 Å². The molecule has 20 heavy (non-hydrogen) atoms. The van der Waals surface area contributed by atoms with E-state index in [-0.39, 0.29) is 12.3 Å². The number of hydrogen-bond acceptors (Lipinski definition) is 2. The van der Waals surface area contributed by atoms with E-state index in [1.54, 1.807) is 0 Å². The molecule has 0 spiro atoms. The van der Waals surface area contributed by atoms with Crippen molar-refractivity contribution < 1.29 is 14.7 Å². The summed E-state index contributed by atoms with van der Waals surface area (Å²) in [5.74, 6) is 0.711. The molecular weight excluding hydrogens is 254 g/mol. The molecule has 1 amide bonds. The average Bonchev–Trinajstić information content (AvgIpc) is 2.92. The molecule has 1 aliphatic heterocycles. The summed E-state index contributed by atoms with van der Waals surface area (Å²) in [7, 11) is 0. The summed E-state index contributed by atoms with van der Waals surface area (Å²) in [5, 5.41) is 8.70. The molecule has 0 aromatic carbocycles. The van der Waals surface area contributed by atoms with E-state index < -0.39 is 5.97 Å². The molecule has 1 atom stereocenters. The lowest BCUT2D eigenvalue weighted by Gasteiger charge is -2.22. The number of carbonyl (C=O) groups excluding carboxylic acids is 1. The SMILES string of the molecule is O=C(O)CCC1CCN(C(=O)CCC2CCCCC2)C1. The third-order valence-electron chi connectivity index (χ3n) is 4.90. The van der Waals surface area contributed by atoms with Gasteiger partial charge in [-0.3, -0.25) is 9.59 Å². The maximum absolute atomic E-state index is 12.2. The van der Waals surface area contributed by atoms with Crippen molar-refractivity contribution in [3.63, 3.8) is 0 Å². The van der Waals surface area contributed by atoms with E-state index in [9.17, 15) is 9.59 Å². The molecule has 1 heterocycles. The van der Waals surface area contributed by atoms with Gasteiger partial charge < -0.3 is 10.0 Å². The fourth-order valence-electron chi connectivity index (χ4n) is 3.58. The molecule has 0 aromatic heterocycles. The minimum absolute atomic E-state index is 0.231. The number of carbonyl (C=O) groups is 2. The molecule has 0 bridgehead atoms. The van der Waals surface area contributed by atoms with Gasteiger partial charge in [-0.1, -0.05) is 32.1 Å². The lowest BCUT2D eigenvalue weighted by molar-refractivity contribution is -0.137. The van der Waals surface area contributed by atoms with E-state index >= 15 is 0 Å². The molecule has 1 unspecified atom stereocenters. The van der Waals surface area contributed by atoms with E-state index in [1.165, 1.54) is 32.1 Å². The fourth-order valence-corrected chi connectivity index (χ4v) is 3.58. The van der Waals surface area contributed by atoms with Gasteiger partial charge in [0.05, 0.1) is 0 Å². The summed E-state index contributed by atoms with van der Waals surface area (Å²) in [6, 6.07) is 0. The number of aliphatic carboxylic acids is 1. The van der Waals surface area contributed by atoms with Gasteiger partial charge in [-0.25, -0.2) is 0 Å². The number of carboxylic acid groups (broad SMARTS) is 1. The van der Waals surface area contributed by atoms with Crippen molar-refractivity contribution in [1.29, 1.82) is 0 Å². The molecule has 1 N–H and O–H groups in total. The highest BCUT2D eigenvalue weighted by molar-refractivity contribution is 5.76. The average molecular weight is 281 g/mol. The normalized spacial score (nSPS) is 24.0. The van der Waals surface area contributed by atoms with Gasteiger partial charge in [0.2, 0.25) is 5.91 Å².